The molecule has 0 fully saturated rings. The first-order chi connectivity index (χ1) is 13.6. The highest BCUT2D eigenvalue weighted by Gasteiger charge is 2.07. The van der Waals surface area contributed by atoms with Gasteiger partial charge < -0.3 is 15.0 Å². The molecule has 146 valence electrons. The van der Waals surface area contributed by atoms with Crippen LogP contribution in [0.25, 0.3) is 10.9 Å². The maximum atomic E-state index is 12.4. The fourth-order valence-electron chi connectivity index (χ4n) is 3.06. The Morgan fingerprint density at radius 2 is 1.89 bits per heavy atom. The lowest BCUT2D eigenvalue weighted by atomic mass is 10.1. The zero-order chi connectivity index (χ0) is 19.9. The molecule has 1 amide bonds. The Morgan fingerprint density at radius 3 is 2.71 bits per heavy atom. The highest BCUT2D eigenvalue weighted by Crippen LogP contribution is 2.17. The molecule has 0 unspecified atom stereocenters. The average Bonchev–Trinajstić information content (AvgIpc) is 2.70. The van der Waals surface area contributed by atoms with Crippen LogP contribution in [0.15, 0.2) is 58.1 Å². The molecule has 2 aromatic carbocycles. The van der Waals surface area contributed by atoms with E-state index in [-0.39, 0.29) is 11.5 Å². The number of ether oxygens (including phenoxy) is 1. The standard InChI is InChI=1S/C21H23N3O4/c1-28-16-9-7-8-15(14-16)22-19(25)12-3-2-6-13-24-20(26)17-10-4-5-11-18(17)23-21(24)27/h4-5,7-11,14H,2-3,6,12-13H2,1H3,(H,22,25)(H,23,27). The maximum Gasteiger partial charge on any atom is 0.328 e. The summed E-state index contributed by atoms with van der Waals surface area (Å²) >= 11 is 0. The number of hydrogen-bond acceptors (Lipinski definition) is 4. The van der Waals surface area contributed by atoms with E-state index in [2.05, 4.69) is 10.3 Å². The quantitative estimate of drug-likeness (QED) is 0.587. The smallest absolute Gasteiger partial charge is 0.328 e. The van der Waals surface area contributed by atoms with Gasteiger partial charge >= 0.3 is 5.69 Å². The summed E-state index contributed by atoms with van der Waals surface area (Å²) in [6, 6.07) is 14.1. The molecule has 0 bridgehead atoms. The molecular formula is C21H23N3O4. The van der Waals surface area contributed by atoms with Gasteiger partial charge in [0.05, 0.1) is 18.0 Å². The van der Waals surface area contributed by atoms with Gasteiger partial charge in [0.15, 0.2) is 0 Å². The van der Waals surface area contributed by atoms with E-state index < -0.39 is 5.69 Å². The number of benzene rings is 2. The molecule has 0 aliphatic rings. The summed E-state index contributed by atoms with van der Waals surface area (Å²) < 4.78 is 6.35. The Hall–Kier alpha value is -3.35. The molecule has 0 atom stereocenters. The molecule has 0 aliphatic heterocycles. The Morgan fingerprint density at radius 1 is 1.07 bits per heavy atom. The number of methoxy groups -OCH3 is 1. The third-order valence-corrected chi connectivity index (χ3v) is 4.53. The molecule has 7 heteroatoms. The minimum Gasteiger partial charge on any atom is -0.497 e. The molecule has 0 saturated heterocycles. The first-order valence-corrected chi connectivity index (χ1v) is 9.24. The minimum absolute atomic E-state index is 0.0750. The Bertz CT molecular complexity index is 1080. The zero-order valence-corrected chi connectivity index (χ0v) is 15.7. The molecule has 3 aromatic rings. The molecule has 3 rings (SSSR count). The first-order valence-electron chi connectivity index (χ1n) is 9.24. The lowest BCUT2D eigenvalue weighted by Gasteiger charge is -2.08. The molecule has 7 nitrogen and oxygen atoms in total. The Kier molecular flexibility index (Phi) is 6.26. The summed E-state index contributed by atoms with van der Waals surface area (Å²) in [4.78, 5) is 39.3. The zero-order valence-electron chi connectivity index (χ0n) is 15.7. The van der Waals surface area contributed by atoms with E-state index in [4.69, 9.17) is 4.74 Å². The van der Waals surface area contributed by atoms with Crippen LogP contribution in [0.1, 0.15) is 25.7 Å². The van der Waals surface area contributed by atoms with Crippen molar-refractivity contribution in [1.82, 2.24) is 9.55 Å². The number of carbonyl (C=O) groups excluding carboxylic acids is 1. The van der Waals surface area contributed by atoms with E-state index in [0.717, 1.165) is 6.42 Å². The van der Waals surface area contributed by atoms with E-state index in [1.54, 1.807) is 43.5 Å². The number of fused-ring (bicyclic) bond motifs is 1. The van der Waals surface area contributed by atoms with Gasteiger partial charge in [-0.2, -0.15) is 0 Å². The number of para-hydroxylation sites is 1. The van der Waals surface area contributed by atoms with Crippen LogP contribution in [-0.2, 0) is 11.3 Å². The number of hydrogen-bond donors (Lipinski definition) is 2. The van der Waals surface area contributed by atoms with Gasteiger partial charge in [-0.3, -0.25) is 14.2 Å². The predicted molar refractivity (Wildman–Crippen MR) is 109 cm³/mol. The van der Waals surface area contributed by atoms with E-state index in [9.17, 15) is 14.4 Å². The summed E-state index contributed by atoms with van der Waals surface area (Å²) in [7, 11) is 1.58. The lowest BCUT2D eigenvalue weighted by Crippen LogP contribution is -2.35. The predicted octanol–water partition coefficient (Wildman–Crippen LogP) is 2.90. The molecule has 28 heavy (non-hydrogen) atoms. The molecule has 0 saturated carbocycles. The molecule has 0 radical (unpaired) electrons. The first kappa shape index (κ1) is 19.4. The van der Waals surface area contributed by atoms with Gasteiger partial charge in [-0.25, -0.2) is 4.79 Å². The van der Waals surface area contributed by atoms with Gasteiger partial charge in [0.25, 0.3) is 5.56 Å². The Labute approximate surface area is 162 Å². The van der Waals surface area contributed by atoms with Crippen LogP contribution in [0, 0.1) is 0 Å². The number of anilines is 1. The van der Waals surface area contributed by atoms with Crippen molar-refractivity contribution in [2.75, 3.05) is 12.4 Å². The highest BCUT2D eigenvalue weighted by molar-refractivity contribution is 5.90. The minimum atomic E-state index is -0.403. The number of aromatic nitrogens is 2. The SMILES string of the molecule is COc1cccc(NC(=O)CCCCCn2c(=O)[nH]c3ccccc3c2=O)c1. The summed E-state index contributed by atoms with van der Waals surface area (Å²) in [5, 5.41) is 3.33. The summed E-state index contributed by atoms with van der Waals surface area (Å²) in [5.41, 5.74) is 0.552. The van der Waals surface area contributed by atoms with Gasteiger partial charge in [-0.15, -0.1) is 0 Å². The number of nitrogens with zero attached hydrogens (tertiary/aromatic N) is 1. The van der Waals surface area contributed by atoms with E-state index >= 15 is 0 Å². The topological polar surface area (TPSA) is 93.2 Å². The number of H-pyrrole nitrogens is 1. The van der Waals surface area contributed by atoms with Crippen LogP contribution in [0.3, 0.4) is 0 Å². The molecule has 1 aromatic heterocycles. The summed E-state index contributed by atoms with van der Waals surface area (Å²) in [5.74, 6) is 0.609. The van der Waals surface area contributed by atoms with Crippen LogP contribution in [0.4, 0.5) is 5.69 Å². The number of amides is 1. The van der Waals surface area contributed by atoms with Crippen molar-refractivity contribution in [3.8, 4) is 5.75 Å². The number of rotatable bonds is 8. The van der Waals surface area contributed by atoms with Gasteiger partial charge in [0, 0.05) is 24.7 Å². The molecule has 1 heterocycles. The van der Waals surface area contributed by atoms with Crippen LogP contribution in [-0.4, -0.2) is 22.6 Å². The van der Waals surface area contributed by atoms with Crippen LogP contribution >= 0.6 is 0 Å². The second kappa shape index (κ2) is 9.03. The van der Waals surface area contributed by atoms with Crippen molar-refractivity contribution < 1.29 is 9.53 Å². The maximum absolute atomic E-state index is 12.4. The number of unbranched alkanes of at least 4 members (excludes halogenated alkanes) is 2. The van der Waals surface area contributed by atoms with Crippen molar-refractivity contribution >= 4 is 22.5 Å². The van der Waals surface area contributed by atoms with Crippen molar-refractivity contribution in [3.63, 3.8) is 0 Å². The normalized spacial score (nSPS) is 10.8. The van der Waals surface area contributed by atoms with E-state index in [0.29, 0.717) is 48.1 Å². The average molecular weight is 381 g/mol. The van der Waals surface area contributed by atoms with E-state index in [1.807, 2.05) is 12.1 Å². The Balaban J connectivity index is 1.48. The number of carbonyl (C=O) groups is 1. The molecule has 2 N–H and O–H groups in total. The van der Waals surface area contributed by atoms with Crippen LogP contribution < -0.4 is 21.3 Å². The van der Waals surface area contributed by atoms with Crippen LogP contribution in [0.2, 0.25) is 0 Å². The van der Waals surface area contributed by atoms with Crippen molar-refractivity contribution in [3.05, 3.63) is 69.4 Å². The van der Waals surface area contributed by atoms with Gasteiger partial charge in [-0.05, 0) is 37.1 Å². The van der Waals surface area contributed by atoms with Crippen molar-refractivity contribution in [1.29, 1.82) is 0 Å². The van der Waals surface area contributed by atoms with Gasteiger partial charge in [-0.1, -0.05) is 24.6 Å². The summed E-state index contributed by atoms with van der Waals surface area (Å²) in [6.45, 7) is 0.330. The third kappa shape index (κ3) is 4.68. The molecule has 0 aliphatic carbocycles. The fraction of sp³-hybridized carbons (Fsp3) is 0.286. The second-order valence-electron chi connectivity index (χ2n) is 6.52. The van der Waals surface area contributed by atoms with Crippen LogP contribution in [0.5, 0.6) is 5.75 Å². The largest absolute Gasteiger partial charge is 0.497 e. The van der Waals surface area contributed by atoms with Gasteiger partial charge in [0.2, 0.25) is 5.91 Å². The van der Waals surface area contributed by atoms with Crippen molar-refractivity contribution in [2.45, 2.75) is 32.2 Å². The molecule has 0 spiro atoms. The van der Waals surface area contributed by atoms with Crippen molar-refractivity contribution in [2.24, 2.45) is 0 Å². The number of aromatic amines is 1. The monoisotopic (exact) mass is 381 g/mol. The third-order valence-electron chi connectivity index (χ3n) is 4.53. The number of nitrogens with one attached hydrogen (secondary N) is 2. The summed E-state index contributed by atoms with van der Waals surface area (Å²) in [6.07, 6.45) is 2.44. The lowest BCUT2D eigenvalue weighted by molar-refractivity contribution is -0.116. The second-order valence-corrected chi connectivity index (χ2v) is 6.52. The highest BCUT2D eigenvalue weighted by atomic mass is 16.5. The molecular weight excluding hydrogens is 358 g/mol. The van der Waals surface area contributed by atoms with E-state index in [1.165, 1.54) is 4.57 Å². The van der Waals surface area contributed by atoms with Gasteiger partial charge in [0.1, 0.15) is 5.75 Å². The fourth-order valence-corrected chi connectivity index (χ4v) is 3.06.